The molecular formula is C8H15NO2S. The van der Waals surface area contributed by atoms with Gasteiger partial charge in [0.2, 0.25) is 0 Å². The van der Waals surface area contributed by atoms with Gasteiger partial charge in [-0.1, -0.05) is 0 Å². The summed E-state index contributed by atoms with van der Waals surface area (Å²) in [7, 11) is -2.70. The van der Waals surface area contributed by atoms with Gasteiger partial charge in [0.15, 0.2) is 9.84 Å². The largest absolute Gasteiger partial charge is 0.325 e. The number of sulfone groups is 1. The van der Waals surface area contributed by atoms with E-state index >= 15 is 0 Å². The van der Waals surface area contributed by atoms with E-state index in [1.807, 2.05) is 0 Å². The van der Waals surface area contributed by atoms with Gasteiger partial charge >= 0.3 is 0 Å². The van der Waals surface area contributed by atoms with E-state index in [9.17, 15) is 8.42 Å². The Bertz CT molecular complexity index is 279. The Morgan fingerprint density at radius 2 is 2.08 bits per heavy atom. The molecule has 0 aromatic carbocycles. The van der Waals surface area contributed by atoms with Crippen LogP contribution in [0.5, 0.6) is 0 Å². The zero-order valence-electron chi connectivity index (χ0n) is 7.12. The highest BCUT2D eigenvalue weighted by Gasteiger charge is 2.42. The molecule has 3 nitrogen and oxygen atoms in total. The van der Waals surface area contributed by atoms with Crippen molar-refractivity contribution in [3.63, 3.8) is 0 Å². The van der Waals surface area contributed by atoms with Crippen LogP contribution in [0, 0.1) is 5.92 Å². The van der Waals surface area contributed by atoms with E-state index in [1.54, 1.807) is 0 Å². The van der Waals surface area contributed by atoms with Crippen molar-refractivity contribution in [1.82, 2.24) is 0 Å². The predicted octanol–water partition coefficient (Wildman–Crippen LogP) is 0.302. The minimum absolute atomic E-state index is 0.0184. The van der Waals surface area contributed by atoms with Crippen LogP contribution in [0.25, 0.3) is 0 Å². The summed E-state index contributed by atoms with van der Waals surface area (Å²) in [5.41, 5.74) is 5.94. The van der Waals surface area contributed by atoms with Crippen molar-refractivity contribution >= 4 is 9.84 Å². The second kappa shape index (κ2) is 2.45. The van der Waals surface area contributed by atoms with E-state index in [0.29, 0.717) is 17.4 Å². The zero-order valence-corrected chi connectivity index (χ0v) is 7.94. The average Bonchev–Trinajstić information content (AvgIpc) is 2.53. The Labute approximate surface area is 73.2 Å². The van der Waals surface area contributed by atoms with Gasteiger partial charge in [-0.25, -0.2) is 8.42 Å². The second-order valence-electron chi connectivity index (χ2n) is 4.34. The van der Waals surface area contributed by atoms with Crippen LogP contribution in [0.4, 0.5) is 0 Å². The summed E-state index contributed by atoms with van der Waals surface area (Å²) in [6.45, 7) is 0. The molecule has 4 heteroatoms. The first kappa shape index (κ1) is 8.51. The first-order chi connectivity index (χ1) is 5.49. The lowest BCUT2D eigenvalue weighted by Crippen LogP contribution is -2.25. The van der Waals surface area contributed by atoms with Crippen molar-refractivity contribution < 1.29 is 8.42 Å². The van der Waals surface area contributed by atoms with Gasteiger partial charge in [0, 0.05) is 5.54 Å². The molecule has 70 valence electrons. The third-order valence-corrected chi connectivity index (χ3v) is 4.75. The number of hydrogen-bond acceptors (Lipinski definition) is 3. The Hall–Kier alpha value is -0.0900. The smallest absolute Gasteiger partial charge is 0.150 e. The maximum Gasteiger partial charge on any atom is 0.150 e. The van der Waals surface area contributed by atoms with Crippen LogP contribution in [0.1, 0.15) is 25.7 Å². The Morgan fingerprint density at radius 3 is 2.50 bits per heavy atom. The molecular weight excluding hydrogens is 174 g/mol. The van der Waals surface area contributed by atoms with Gasteiger partial charge in [0.1, 0.15) is 0 Å². The minimum Gasteiger partial charge on any atom is -0.325 e. The molecule has 0 amide bonds. The maximum absolute atomic E-state index is 11.1. The van der Waals surface area contributed by atoms with Gasteiger partial charge in [-0.3, -0.25) is 0 Å². The first-order valence-corrected chi connectivity index (χ1v) is 6.31. The lowest BCUT2D eigenvalue weighted by atomic mass is 9.98. The number of rotatable bonds is 2. The van der Waals surface area contributed by atoms with E-state index in [1.165, 1.54) is 0 Å². The quantitative estimate of drug-likeness (QED) is 0.679. The fourth-order valence-electron chi connectivity index (χ4n) is 1.97. The first-order valence-electron chi connectivity index (χ1n) is 4.48. The van der Waals surface area contributed by atoms with Crippen LogP contribution in [0.15, 0.2) is 0 Å². The SMILES string of the molecule is NC1(CC2CCS(=O)(=O)C2)CC1. The van der Waals surface area contributed by atoms with E-state index in [2.05, 4.69) is 0 Å². The molecule has 12 heavy (non-hydrogen) atoms. The van der Waals surface area contributed by atoms with Crippen molar-refractivity contribution in [1.29, 1.82) is 0 Å². The van der Waals surface area contributed by atoms with Crippen LogP contribution >= 0.6 is 0 Å². The molecule has 0 spiro atoms. The van der Waals surface area contributed by atoms with Gasteiger partial charge in [0.05, 0.1) is 11.5 Å². The minimum atomic E-state index is -2.70. The molecule has 0 aromatic heterocycles. The van der Waals surface area contributed by atoms with Crippen LogP contribution in [-0.4, -0.2) is 25.5 Å². The Balaban J connectivity index is 1.92. The van der Waals surface area contributed by atoms with Gasteiger partial charge in [-0.2, -0.15) is 0 Å². The summed E-state index contributed by atoms with van der Waals surface area (Å²) in [4.78, 5) is 0. The van der Waals surface area contributed by atoms with Gasteiger partial charge < -0.3 is 5.73 Å². The molecule has 1 saturated heterocycles. The fraction of sp³-hybridized carbons (Fsp3) is 1.00. The van der Waals surface area contributed by atoms with Crippen molar-refractivity contribution in [2.24, 2.45) is 11.7 Å². The predicted molar refractivity (Wildman–Crippen MR) is 47.5 cm³/mol. The standard InChI is InChI=1S/C8H15NO2S/c9-8(2-3-8)5-7-1-4-12(10,11)6-7/h7H,1-6,9H2. The monoisotopic (exact) mass is 189 g/mol. The Morgan fingerprint density at radius 1 is 1.42 bits per heavy atom. The van der Waals surface area contributed by atoms with Crippen LogP contribution in [0.2, 0.25) is 0 Å². The molecule has 0 radical (unpaired) electrons. The van der Waals surface area contributed by atoms with Crippen molar-refractivity contribution in [2.75, 3.05) is 11.5 Å². The van der Waals surface area contributed by atoms with Crippen LogP contribution < -0.4 is 5.73 Å². The highest BCUT2D eigenvalue weighted by Crippen LogP contribution is 2.40. The summed E-state index contributed by atoms with van der Waals surface area (Å²) >= 11 is 0. The topological polar surface area (TPSA) is 60.2 Å². The lowest BCUT2D eigenvalue weighted by Gasteiger charge is -2.12. The highest BCUT2D eigenvalue weighted by atomic mass is 32.2. The number of nitrogens with two attached hydrogens (primary N) is 1. The molecule has 1 heterocycles. The zero-order chi connectivity index (χ0) is 8.82. The number of hydrogen-bond donors (Lipinski definition) is 1. The molecule has 0 aromatic rings. The molecule has 2 N–H and O–H groups in total. The normalized spacial score (nSPS) is 36.6. The van der Waals surface area contributed by atoms with E-state index < -0.39 is 9.84 Å². The summed E-state index contributed by atoms with van der Waals surface area (Å²) in [5.74, 6) is 1.11. The molecule has 1 aliphatic carbocycles. The molecule has 0 bridgehead atoms. The van der Waals surface area contributed by atoms with E-state index in [-0.39, 0.29) is 5.54 Å². The van der Waals surface area contributed by atoms with Gasteiger partial charge in [0.25, 0.3) is 0 Å². The van der Waals surface area contributed by atoms with Crippen LogP contribution in [-0.2, 0) is 9.84 Å². The summed E-state index contributed by atoms with van der Waals surface area (Å²) in [6, 6.07) is 0. The molecule has 1 unspecified atom stereocenters. The molecule has 1 saturated carbocycles. The third-order valence-electron chi connectivity index (χ3n) is 2.91. The van der Waals surface area contributed by atoms with Gasteiger partial charge in [-0.15, -0.1) is 0 Å². The summed E-state index contributed by atoms with van der Waals surface area (Å²) < 4.78 is 22.2. The molecule has 2 rings (SSSR count). The van der Waals surface area contributed by atoms with E-state index in [4.69, 9.17) is 5.73 Å². The van der Waals surface area contributed by atoms with Crippen LogP contribution in [0.3, 0.4) is 0 Å². The average molecular weight is 189 g/mol. The van der Waals surface area contributed by atoms with Crippen molar-refractivity contribution in [3.05, 3.63) is 0 Å². The molecule has 2 aliphatic rings. The summed E-state index contributed by atoms with van der Waals surface area (Å²) in [5, 5.41) is 0. The highest BCUT2D eigenvalue weighted by molar-refractivity contribution is 7.91. The summed E-state index contributed by atoms with van der Waals surface area (Å²) in [6.07, 6.45) is 3.93. The fourth-order valence-corrected chi connectivity index (χ4v) is 3.83. The Kier molecular flexibility index (Phi) is 1.74. The third kappa shape index (κ3) is 1.80. The molecule has 1 atom stereocenters. The molecule has 1 aliphatic heterocycles. The maximum atomic E-state index is 11.1. The lowest BCUT2D eigenvalue weighted by molar-refractivity contribution is 0.460. The van der Waals surface area contributed by atoms with Gasteiger partial charge in [-0.05, 0) is 31.6 Å². The van der Waals surface area contributed by atoms with Crippen molar-refractivity contribution in [3.8, 4) is 0 Å². The van der Waals surface area contributed by atoms with E-state index in [0.717, 1.165) is 25.7 Å². The van der Waals surface area contributed by atoms with Crippen molar-refractivity contribution in [2.45, 2.75) is 31.2 Å². The molecule has 2 fully saturated rings. The second-order valence-corrected chi connectivity index (χ2v) is 6.56.